The van der Waals surface area contributed by atoms with Gasteiger partial charge in [0, 0.05) is 23.2 Å². The number of nitro groups is 1. The van der Waals surface area contributed by atoms with Gasteiger partial charge in [-0.25, -0.2) is 0 Å². The highest BCUT2D eigenvalue weighted by Crippen LogP contribution is 2.60. The second-order valence-corrected chi connectivity index (χ2v) is 9.64. The van der Waals surface area contributed by atoms with Gasteiger partial charge in [0.1, 0.15) is 0 Å². The summed E-state index contributed by atoms with van der Waals surface area (Å²) in [5.41, 5.74) is 0.558. The molecule has 1 aromatic carbocycles. The van der Waals surface area contributed by atoms with Crippen molar-refractivity contribution in [3.05, 3.63) is 40.3 Å². The maximum atomic E-state index is 12.2. The largest absolute Gasteiger partial charge is 0.415 e. The summed E-state index contributed by atoms with van der Waals surface area (Å²) < 4.78 is 6.00. The van der Waals surface area contributed by atoms with Gasteiger partial charge >= 0.3 is 0 Å². The van der Waals surface area contributed by atoms with Crippen LogP contribution in [-0.4, -0.2) is 26.8 Å². The number of thioether (sulfide) groups is 1. The van der Waals surface area contributed by atoms with Crippen LogP contribution in [0.2, 0.25) is 0 Å². The highest BCUT2D eigenvalue weighted by atomic mass is 32.2. The van der Waals surface area contributed by atoms with Crippen molar-refractivity contribution in [1.82, 2.24) is 10.2 Å². The Kier molecular flexibility index (Phi) is 4.57. The number of rotatable bonds is 6. The zero-order chi connectivity index (χ0) is 20.0. The van der Waals surface area contributed by atoms with Gasteiger partial charge in [0.25, 0.3) is 10.9 Å². The van der Waals surface area contributed by atoms with Gasteiger partial charge in [-0.15, -0.1) is 10.2 Å². The molecule has 1 heterocycles. The minimum atomic E-state index is -0.474. The molecule has 0 radical (unpaired) electrons. The molecule has 1 N–H and O–H groups in total. The molecule has 9 heteroatoms. The van der Waals surface area contributed by atoms with E-state index in [2.05, 4.69) is 15.5 Å². The van der Waals surface area contributed by atoms with Crippen LogP contribution in [0.1, 0.15) is 44.4 Å². The fraction of sp³-hybridized carbons (Fsp3) is 0.550. The molecule has 4 fully saturated rings. The summed E-state index contributed by atoms with van der Waals surface area (Å²) in [6.45, 7) is 0. The Morgan fingerprint density at radius 1 is 1.14 bits per heavy atom. The predicted octanol–water partition coefficient (Wildman–Crippen LogP) is 4.18. The summed E-state index contributed by atoms with van der Waals surface area (Å²) in [5, 5.41) is 22.4. The first kappa shape index (κ1) is 18.6. The first-order chi connectivity index (χ1) is 14.0. The molecule has 0 aliphatic heterocycles. The lowest BCUT2D eigenvalue weighted by molar-refractivity contribution is -0.384. The fourth-order valence-electron chi connectivity index (χ4n) is 5.85. The Bertz CT molecular complexity index is 907. The Morgan fingerprint density at radius 2 is 1.76 bits per heavy atom. The zero-order valence-electron chi connectivity index (χ0n) is 15.9. The van der Waals surface area contributed by atoms with Gasteiger partial charge in [0.2, 0.25) is 11.8 Å². The van der Waals surface area contributed by atoms with Gasteiger partial charge in [0.05, 0.1) is 10.7 Å². The Hall–Kier alpha value is -2.42. The van der Waals surface area contributed by atoms with E-state index in [-0.39, 0.29) is 22.8 Å². The van der Waals surface area contributed by atoms with Crippen LogP contribution in [0.4, 0.5) is 11.4 Å². The summed E-state index contributed by atoms with van der Waals surface area (Å²) in [5.74, 6) is 3.08. The van der Waals surface area contributed by atoms with Crippen LogP contribution in [0.25, 0.3) is 0 Å². The van der Waals surface area contributed by atoms with Crippen molar-refractivity contribution in [2.45, 2.75) is 49.2 Å². The number of hydrogen-bond donors (Lipinski definition) is 1. The van der Waals surface area contributed by atoms with Gasteiger partial charge in [-0.1, -0.05) is 11.8 Å². The monoisotopic (exact) mass is 414 g/mol. The Labute approximate surface area is 172 Å². The molecule has 29 heavy (non-hydrogen) atoms. The van der Waals surface area contributed by atoms with E-state index in [9.17, 15) is 14.9 Å². The highest BCUT2D eigenvalue weighted by molar-refractivity contribution is 7.99. The summed E-state index contributed by atoms with van der Waals surface area (Å²) in [6.07, 6.45) is 7.55. The summed E-state index contributed by atoms with van der Waals surface area (Å²) >= 11 is 1.22. The van der Waals surface area contributed by atoms with Crippen LogP contribution < -0.4 is 5.32 Å². The van der Waals surface area contributed by atoms with Crippen LogP contribution in [0.3, 0.4) is 0 Å². The number of amides is 1. The van der Waals surface area contributed by atoms with E-state index in [0.717, 1.165) is 42.9 Å². The molecule has 4 aliphatic carbocycles. The molecule has 0 atom stereocenters. The Morgan fingerprint density at radius 3 is 2.34 bits per heavy atom. The van der Waals surface area contributed by atoms with Crippen molar-refractivity contribution < 1.29 is 14.1 Å². The van der Waals surface area contributed by atoms with Crippen molar-refractivity contribution in [3.63, 3.8) is 0 Å². The molecule has 4 aliphatic rings. The number of hydrogen-bond acceptors (Lipinski definition) is 7. The highest BCUT2D eigenvalue weighted by Gasteiger charge is 2.54. The quantitative estimate of drug-likeness (QED) is 0.429. The number of carbonyl (C=O) groups is 1. The smallest absolute Gasteiger partial charge is 0.277 e. The molecule has 2 aromatic rings. The number of non-ortho nitro benzene ring substituents is 1. The third-order valence-corrected chi connectivity index (χ3v) is 7.41. The van der Waals surface area contributed by atoms with Gasteiger partial charge in [-0.3, -0.25) is 14.9 Å². The first-order valence-electron chi connectivity index (χ1n) is 10.0. The molecule has 0 saturated heterocycles. The number of benzene rings is 1. The van der Waals surface area contributed by atoms with E-state index >= 15 is 0 Å². The third kappa shape index (κ3) is 3.63. The molecule has 8 nitrogen and oxygen atoms in total. The minimum absolute atomic E-state index is 0.0135. The number of aromatic nitrogens is 2. The van der Waals surface area contributed by atoms with E-state index < -0.39 is 4.92 Å². The lowest BCUT2D eigenvalue weighted by Crippen LogP contribution is -2.48. The van der Waals surface area contributed by atoms with Crippen LogP contribution in [-0.2, 0) is 10.2 Å². The van der Waals surface area contributed by atoms with E-state index in [4.69, 9.17) is 4.42 Å². The van der Waals surface area contributed by atoms with E-state index in [1.165, 1.54) is 55.3 Å². The van der Waals surface area contributed by atoms with Crippen molar-refractivity contribution in [2.75, 3.05) is 11.1 Å². The van der Waals surface area contributed by atoms with Crippen molar-refractivity contribution in [3.8, 4) is 0 Å². The topological polar surface area (TPSA) is 111 Å². The predicted molar refractivity (Wildman–Crippen MR) is 107 cm³/mol. The number of nitrogens with zero attached hydrogens (tertiary/aromatic N) is 3. The fourth-order valence-corrected chi connectivity index (χ4v) is 6.41. The molecular formula is C20H22N4O4S. The SMILES string of the molecule is O=C(CSc1nnc(C23CC4CC(CC(C4)C2)C3)o1)Nc1ccc([N+](=O)[O-])cc1. The number of carbonyl (C=O) groups excluding carboxylic acids is 1. The molecule has 0 spiro atoms. The molecule has 0 unspecified atom stereocenters. The Balaban J connectivity index is 1.19. The van der Waals surface area contributed by atoms with Gasteiger partial charge in [-0.2, -0.15) is 0 Å². The van der Waals surface area contributed by atoms with Crippen molar-refractivity contribution in [2.24, 2.45) is 17.8 Å². The molecule has 1 aromatic heterocycles. The summed E-state index contributed by atoms with van der Waals surface area (Å²) in [6, 6.07) is 5.74. The average molecular weight is 414 g/mol. The molecule has 4 saturated carbocycles. The van der Waals surface area contributed by atoms with Crippen LogP contribution in [0, 0.1) is 27.9 Å². The number of anilines is 1. The summed E-state index contributed by atoms with van der Waals surface area (Å²) in [7, 11) is 0. The van der Waals surface area contributed by atoms with E-state index in [1.807, 2.05) is 0 Å². The third-order valence-electron chi connectivity index (χ3n) is 6.59. The number of nitrogens with one attached hydrogen (secondary N) is 1. The van der Waals surface area contributed by atoms with E-state index in [1.54, 1.807) is 0 Å². The molecule has 6 rings (SSSR count). The van der Waals surface area contributed by atoms with Gasteiger partial charge in [-0.05, 0) is 68.4 Å². The normalized spacial score (nSPS) is 29.7. The summed E-state index contributed by atoms with van der Waals surface area (Å²) in [4.78, 5) is 22.4. The van der Waals surface area contributed by atoms with E-state index in [0.29, 0.717) is 10.9 Å². The van der Waals surface area contributed by atoms with Crippen LogP contribution in [0.5, 0.6) is 0 Å². The maximum Gasteiger partial charge on any atom is 0.277 e. The minimum Gasteiger partial charge on any atom is -0.415 e. The lowest BCUT2D eigenvalue weighted by atomic mass is 9.49. The van der Waals surface area contributed by atoms with Crippen molar-refractivity contribution in [1.29, 1.82) is 0 Å². The average Bonchev–Trinajstić information content (AvgIpc) is 3.16. The molecular weight excluding hydrogens is 392 g/mol. The molecule has 4 bridgehead atoms. The lowest BCUT2D eigenvalue weighted by Gasteiger charge is -2.55. The standard InChI is InChI=1S/C20H22N4O4S/c25-17(21-15-1-3-16(4-2-15)24(26)27)11-29-19-23-22-18(28-19)20-8-12-5-13(9-20)7-14(6-12)10-20/h1-4,12-14H,5-11H2,(H,21,25). The maximum absolute atomic E-state index is 12.2. The van der Waals surface area contributed by atoms with Crippen molar-refractivity contribution >= 4 is 29.0 Å². The van der Waals surface area contributed by atoms with Crippen LogP contribution in [0.15, 0.2) is 33.9 Å². The second-order valence-electron chi connectivity index (χ2n) is 8.71. The second kappa shape index (κ2) is 7.12. The number of nitro benzene ring substituents is 1. The zero-order valence-corrected chi connectivity index (χ0v) is 16.7. The van der Waals surface area contributed by atoms with Gasteiger partial charge in [0.15, 0.2) is 0 Å². The van der Waals surface area contributed by atoms with Crippen LogP contribution >= 0.6 is 11.8 Å². The molecule has 1 amide bonds. The first-order valence-corrected chi connectivity index (χ1v) is 11.0. The molecule has 152 valence electrons. The van der Waals surface area contributed by atoms with Gasteiger partial charge < -0.3 is 9.73 Å².